The van der Waals surface area contributed by atoms with Gasteiger partial charge in [-0.1, -0.05) is 35.0 Å². The van der Waals surface area contributed by atoms with Gasteiger partial charge in [0.25, 0.3) is 0 Å². The molecule has 2 aromatic rings. The minimum Gasteiger partial charge on any atom is -0.383 e. The average Bonchev–Trinajstić information content (AvgIpc) is 3.23. The first-order valence-corrected chi connectivity index (χ1v) is 7.88. The average molecular weight is 326 g/mol. The zero-order valence-corrected chi connectivity index (χ0v) is 13.2. The Morgan fingerprint density at radius 3 is 2.60 bits per heavy atom. The van der Waals surface area contributed by atoms with Gasteiger partial charge in [-0.25, -0.2) is 9.97 Å². The quantitative estimate of drug-likeness (QED) is 0.831. The Bertz CT molecular complexity index is 672. The molecule has 0 amide bonds. The SMILES string of the molecule is Cc1c(N)nc(C2CC2)nc1Sc1ccc(Cl)c(Cl)c1. The van der Waals surface area contributed by atoms with Crippen molar-refractivity contribution in [3.8, 4) is 0 Å². The van der Waals surface area contributed by atoms with Gasteiger partial charge in [0, 0.05) is 16.4 Å². The van der Waals surface area contributed by atoms with Crippen molar-refractivity contribution in [2.24, 2.45) is 0 Å². The molecule has 1 heterocycles. The number of nitrogens with two attached hydrogens (primary N) is 1. The summed E-state index contributed by atoms with van der Waals surface area (Å²) in [5, 5.41) is 1.98. The summed E-state index contributed by atoms with van der Waals surface area (Å²) in [6, 6.07) is 5.55. The predicted octanol–water partition coefficient (Wildman–Crippen LogP) is 4.70. The van der Waals surface area contributed by atoms with Crippen LogP contribution in [0.4, 0.5) is 5.82 Å². The molecular formula is C14H13Cl2N3S. The van der Waals surface area contributed by atoms with Crippen LogP contribution < -0.4 is 5.73 Å². The Morgan fingerprint density at radius 2 is 1.95 bits per heavy atom. The zero-order chi connectivity index (χ0) is 14.3. The van der Waals surface area contributed by atoms with Crippen molar-refractivity contribution in [3.05, 3.63) is 39.6 Å². The lowest BCUT2D eigenvalue weighted by molar-refractivity contribution is 0.868. The van der Waals surface area contributed by atoms with Gasteiger partial charge in [0.2, 0.25) is 0 Å². The lowest BCUT2D eigenvalue weighted by atomic mass is 10.3. The molecule has 1 saturated carbocycles. The van der Waals surface area contributed by atoms with Crippen LogP contribution in [0, 0.1) is 6.92 Å². The van der Waals surface area contributed by atoms with E-state index in [2.05, 4.69) is 9.97 Å². The number of rotatable bonds is 3. The van der Waals surface area contributed by atoms with Crippen molar-refractivity contribution in [1.82, 2.24) is 9.97 Å². The molecule has 2 N–H and O–H groups in total. The van der Waals surface area contributed by atoms with Gasteiger partial charge >= 0.3 is 0 Å². The van der Waals surface area contributed by atoms with E-state index in [1.807, 2.05) is 19.1 Å². The second-order valence-corrected chi connectivity index (χ2v) is 6.73. The number of benzene rings is 1. The number of nitrogens with zero attached hydrogens (tertiary/aromatic N) is 2. The molecule has 0 unspecified atom stereocenters. The van der Waals surface area contributed by atoms with Crippen LogP contribution in [0.25, 0.3) is 0 Å². The van der Waals surface area contributed by atoms with Crippen LogP contribution in [0.3, 0.4) is 0 Å². The largest absolute Gasteiger partial charge is 0.383 e. The molecule has 0 atom stereocenters. The van der Waals surface area contributed by atoms with E-state index in [0.717, 1.165) is 34.2 Å². The Hall–Kier alpha value is -0.970. The highest BCUT2D eigenvalue weighted by atomic mass is 35.5. The molecule has 0 saturated heterocycles. The van der Waals surface area contributed by atoms with E-state index in [9.17, 15) is 0 Å². The highest BCUT2D eigenvalue weighted by molar-refractivity contribution is 7.99. The standard InChI is InChI=1S/C14H13Cl2N3S/c1-7-12(17)18-13(8-2-3-8)19-14(7)20-9-4-5-10(15)11(16)6-9/h4-6,8H,2-3H2,1H3,(H2,17,18,19). The third-order valence-corrected chi connectivity index (χ3v) is 5.02. The van der Waals surface area contributed by atoms with Crippen LogP contribution in [0.2, 0.25) is 10.0 Å². The van der Waals surface area contributed by atoms with Crippen LogP contribution in [0.1, 0.15) is 30.1 Å². The third-order valence-electron chi connectivity index (χ3n) is 3.20. The van der Waals surface area contributed by atoms with E-state index in [0.29, 0.717) is 21.8 Å². The molecule has 1 aromatic heterocycles. The fourth-order valence-corrected chi connectivity index (χ4v) is 3.10. The fourth-order valence-electron chi connectivity index (χ4n) is 1.81. The van der Waals surface area contributed by atoms with Crippen molar-refractivity contribution in [3.63, 3.8) is 0 Å². The molecule has 3 rings (SSSR count). The molecule has 0 spiro atoms. The number of anilines is 1. The maximum Gasteiger partial charge on any atom is 0.135 e. The number of aromatic nitrogens is 2. The zero-order valence-electron chi connectivity index (χ0n) is 10.9. The van der Waals surface area contributed by atoms with Crippen molar-refractivity contribution >= 4 is 40.8 Å². The highest BCUT2D eigenvalue weighted by Crippen LogP contribution is 2.41. The van der Waals surface area contributed by atoms with Crippen molar-refractivity contribution in [1.29, 1.82) is 0 Å². The summed E-state index contributed by atoms with van der Waals surface area (Å²) in [6.07, 6.45) is 2.30. The third kappa shape index (κ3) is 2.87. The molecule has 1 aliphatic rings. The molecule has 1 aliphatic carbocycles. The summed E-state index contributed by atoms with van der Waals surface area (Å²) in [6.45, 7) is 1.94. The Labute approximate surface area is 131 Å². The maximum atomic E-state index is 6.04. The summed E-state index contributed by atoms with van der Waals surface area (Å²) >= 11 is 13.5. The van der Waals surface area contributed by atoms with Crippen LogP contribution >= 0.6 is 35.0 Å². The number of hydrogen-bond acceptors (Lipinski definition) is 4. The summed E-state index contributed by atoms with van der Waals surface area (Å²) in [5.41, 5.74) is 6.89. The molecule has 104 valence electrons. The minimum absolute atomic E-state index is 0.478. The molecule has 0 radical (unpaired) electrons. The smallest absolute Gasteiger partial charge is 0.135 e. The van der Waals surface area contributed by atoms with Gasteiger partial charge in [0.05, 0.1) is 10.0 Å². The van der Waals surface area contributed by atoms with E-state index in [4.69, 9.17) is 28.9 Å². The summed E-state index contributed by atoms with van der Waals surface area (Å²) in [5.74, 6) is 1.89. The number of hydrogen-bond donors (Lipinski definition) is 1. The molecule has 1 aromatic carbocycles. The first kappa shape index (κ1) is 14.0. The Balaban J connectivity index is 1.94. The van der Waals surface area contributed by atoms with Crippen molar-refractivity contribution in [2.75, 3.05) is 5.73 Å². The van der Waals surface area contributed by atoms with Gasteiger partial charge in [0.15, 0.2) is 0 Å². The van der Waals surface area contributed by atoms with Gasteiger partial charge in [-0.15, -0.1) is 0 Å². The first-order valence-electron chi connectivity index (χ1n) is 6.31. The molecule has 1 fully saturated rings. The summed E-state index contributed by atoms with van der Waals surface area (Å²) < 4.78 is 0. The topological polar surface area (TPSA) is 51.8 Å². The second-order valence-electron chi connectivity index (χ2n) is 4.85. The van der Waals surface area contributed by atoms with Crippen molar-refractivity contribution in [2.45, 2.75) is 35.6 Å². The van der Waals surface area contributed by atoms with Crippen molar-refractivity contribution < 1.29 is 0 Å². The first-order chi connectivity index (χ1) is 9.54. The van der Waals surface area contributed by atoms with Crippen LogP contribution in [0.15, 0.2) is 28.1 Å². The lowest BCUT2D eigenvalue weighted by Crippen LogP contribution is -2.03. The lowest BCUT2D eigenvalue weighted by Gasteiger charge is -2.09. The van der Waals surface area contributed by atoms with E-state index in [1.54, 1.807) is 6.07 Å². The van der Waals surface area contributed by atoms with E-state index in [1.165, 1.54) is 11.8 Å². The van der Waals surface area contributed by atoms with Gasteiger partial charge in [-0.2, -0.15) is 0 Å². The fraction of sp³-hybridized carbons (Fsp3) is 0.286. The minimum atomic E-state index is 0.478. The van der Waals surface area contributed by atoms with E-state index >= 15 is 0 Å². The maximum absolute atomic E-state index is 6.04. The molecule has 3 nitrogen and oxygen atoms in total. The molecule has 0 aliphatic heterocycles. The van der Waals surface area contributed by atoms with Gasteiger partial charge < -0.3 is 5.73 Å². The normalized spacial score (nSPS) is 14.6. The molecule has 20 heavy (non-hydrogen) atoms. The monoisotopic (exact) mass is 325 g/mol. The Kier molecular flexibility index (Phi) is 3.80. The van der Waals surface area contributed by atoms with Crippen LogP contribution in [-0.2, 0) is 0 Å². The molecule has 6 heteroatoms. The summed E-state index contributed by atoms with van der Waals surface area (Å²) in [4.78, 5) is 10.0. The predicted molar refractivity (Wildman–Crippen MR) is 83.7 cm³/mol. The Morgan fingerprint density at radius 1 is 1.20 bits per heavy atom. The molecule has 0 bridgehead atoms. The number of nitrogen functional groups attached to an aromatic ring is 1. The summed E-state index contributed by atoms with van der Waals surface area (Å²) in [7, 11) is 0. The van der Waals surface area contributed by atoms with Gasteiger partial charge in [-0.3, -0.25) is 0 Å². The van der Waals surface area contributed by atoms with Crippen LogP contribution in [-0.4, -0.2) is 9.97 Å². The van der Waals surface area contributed by atoms with Crippen LogP contribution in [0.5, 0.6) is 0 Å². The second kappa shape index (κ2) is 5.43. The van der Waals surface area contributed by atoms with E-state index in [-0.39, 0.29) is 0 Å². The van der Waals surface area contributed by atoms with Gasteiger partial charge in [-0.05, 0) is 38.0 Å². The number of halogens is 2. The molecular weight excluding hydrogens is 313 g/mol. The highest BCUT2D eigenvalue weighted by Gasteiger charge is 2.28. The van der Waals surface area contributed by atoms with Gasteiger partial charge in [0.1, 0.15) is 16.7 Å². The van der Waals surface area contributed by atoms with E-state index < -0.39 is 0 Å².